The van der Waals surface area contributed by atoms with E-state index in [1.54, 1.807) is 11.3 Å². The van der Waals surface area contributed by atoms with E-state index in [1.807, 2.05) is 24.3 Å². The first-order valence-corrected chi connectivity index (χ1v) is 7.03. The van der Waals surface area contributed by atoms with Crippen LogP contribution in [0.15, 0.2) is 42.5 Å². The van der Waals surface area contributed by atoms with Crippen LogP contribution in [0.5, 0.6) is 0 Å². The van der Waals surface area contributed by atoms with Gasteiger partial charge in [0.25, 0.3) is 0 Å². The minimum absolute atomic E-state index is 0.349. The predicted molar refractivity (Wildman–Crippen MR) is 76.5 cm³/mol. The van der Waals surface area contributed by atoms with Gasteiger partial charge in [0.2, 0.25) is 0 Å². The molecule has 102 valence electrons. The van der Waals surface area contributed by atoms with Crippen molar-refractivity contribution < 1.29 is 8.78 Å². The molecule has 0 fully saturated rings. The smallest absolute Gasteiger partial charge is 0.130 e. The number of nitrogens with one attached hydrogen (secondary N) is 1. The second-order valence-corrected chi connectivity index (χ2v) is 5.53. The zero-order valence-electron chi connectivity index (χ0n) is 10.6. The summed E-state index contributed by atoms with van der Waals surface area (Å²) in [5.41, 5.74) is 1.43. The second kappa shape index (κ2) is 5.64. The monoisotopic (exact) mass is 290 g/mol. The normalized spacial score (nSPS) is 11.1. The Morgan fingerprint density at radius 3 is 2.70 bits per heavy atom. The van der Waals surface area contributed by atoms with E-state index in [9.17, 15) is 8.78 Å². The molecule has 0 unspecified atom stereocenters. The maximum Gasteiger partial charge on any atom is 0.130 e. The largest absolute Gasteiger partial charge is 0.306 e. The van der Waals surface area contributed by atoms with Gasteiger partial charge in [0.05, 0.1) is 10.2 Å². The van der Waals surface area contributed by atoms with Gasteiger partial charge in [-0.15, -0.1) is 11.3 Å². The molecule has 2 nitrogen and oxygen atoms in total. The molecular weight excluding hydrogens is 278 g/mol. The Kier molecular flexibility index (Phi) is 3.71. The van der Waals surface area contributed by atoms with E-state index in [-0.39, 0.29) is 0 Å². The third kappa shape index (κ3) is 2.84. The summed E-state index contributed by atoms with van der Waals surface area (Å²) in [6, 6.07) is 11.5. The summed E-state index contributed by atoms with van der Waals surface area (Å²) < 4.78 is 27.4. The average molecular weight is 290 g/mol. The molecule has 0 saturated heterocycles. The number of fused-ring (bicyclic) bond motifs is 1. The average Bonchev–Trinajstić information content (AvgIpc) is 2.84. The van der Waals surface area contributed by atoms with E-state index >= 15 is 0 Å². The van der Waals surface area contributed by atoms with Crippen LogP contribution in [0.3, 0.4) is 0 Å². The molecule has 0 saturated carbocycles. The molecule has 0 aliphatic rings. The van der Waals surface area contributed by atoms with E-state index in [0.29, 0.717) is 18.7 Å². The van der Waals surface area contributed by atoms with Crippen LogP contribution in [0.25, 0.3) is 10.2 Å². The Morgan fingerprint density at radius 2 is 1.90 bits per heavy atom. The number of rotatable bonds is 4. The molecule has 3 aromatic rings. The highest BCUT2D eigenvalue weighted by Crippen LogP contribution is 2.21. The van der Waals surface area contributed by atoms with Gasteiger partial charge in [-0.05, 0) is 18.2 Å². The summed E-state index contributed by atoms with van der Waals surface area (Å²) in [5.74, 6) is -1.08. The van der Waals surface area contributed by atoms with Gasteiger partial charge in [0.15, 0.2) is 0 Å². The number of hydrogen-bond donors (Lipinski definition) is 1. The molecule has 1 aromatic heterocycles. The van der Waals surface area contributed by atoms with Crippen LogP contribution in [0.4, 0.5) is 8.78 Å². The number of hydrogen-bond acceptors (Lipinski definition) is 3. The number of para-hydroxylation sites is 1. The molecule has 20 heavy (non-hydrogen) atoms. The zero-order valence-corrected chi connectivity index (χ0v) is 11.4. The van der Waals surface area contributed by atoms with Crippen LogP contribution in [0, 0.1) is 11.6 Å². The lowest BCUT2D eigenvalue weighted by Gasteiger charge is -2.04. The fourth-order valence-corrected chi connectivity index (χ4v) is 2.90. The van der Waals surface area contributed by atoms with Gasteiger partial charge in [-0.2, -0.15) is 0 Å². The highest BCUT2D eigenvalue weighted by Gasteiger charge is 2.05. The fraction of sp³-hybridized carbons (Fsp3) is 0.133. The van der Waals surface area contributed by atoms with Crippen molar-refractivity contribution in [2.45, 2.75) is 13.1 Å². The minimum atomic E-state index is -0.558. The van der Waals surface area contributed by atoms with Crippen molar-refractivity contribution in [2.75, 3.05) is 0 Å². The molecule has 0 amide bonds. The van der Waals surface area contributed by atoms with Crippen LogP contribution in [0.1, 0.15) is 10.6 Å². The quantitative estimate of drug-likeness (QED) is 0.789. The van der Waals surface area contributed by atoms with Crippen molar-refractivity contribution in [2.24, 2.45) is 0 Å². The first-order chi connectivity index (χ1) is 9.72. The van der Waals surface area contributed by atoms with Gasteiger partial charge in [0, 0.05) is 24.7 Å². The summed E-state index contributed by atoms with van der Waals surface area (Å²) in [5, 5.41) is 4.08. The zero-order chi connectivity index (χ0) is 13.9. The van der Waals surface area contributed by atoms with Crippen molar-refractivity contribution >= 4 is 21.6 Å². The summed E-state index contributed by atoms with van der Waals surface area (Å²) in [6.45, 7) is 0.915. The third-order valence-corrected chi connectivity index (χ3v) is 3.98. The second-order valence-electron chi connectivity index (χ2n) is 4.41. The van der Waals surface area contributed by atoms with E-state index < -0.39 is 11.6 Å². The minimum Gasteiger partial charge on any atom is -0.306 e. The molecule has 1 heterocycles. The number of thiazole rings is 1. The molecule has 0 spiro atoms. The fourth-order valence-electron chi connectivity index (χ4n) is 1.96. The summed E-state index contributed by atoms with van der Waals surface area (Å²) in [6.07, 6.45) is 0. The van der Waals surface area contributed by atoms with Crippen LogP contribution in [-0.4, -0.2) is 4.98 Å². The summed E-state index contributed by atoms with van der Waals surface area (Å²) in [7, 11) is 0. The molecule has 0 atom stereocenters. The molecule has 0 aliphatic carbocycles. The van der Waals surface area contributed by atoms with Crippen molar-refractivity contribution in [3.63, 3.8) is 0 Å². The SMILES string of the molecule is Fc1ccc(CNCc2nc3ccccc3s2)c(F)c1. The molecule has 2 aromatic carbocycles. The van der Waals surface area contributed by atoms with Gasteiger partial charge in [-0.3, -0.25) is 0 Å². The first-order valence-electron chi connectivity index (χ1n) is 6.21. The van der Waals surface area contributed by atoms with E-state index in [1.165, 1.54) is 12.1 Å². The molecule has 1 N–H and O–H groups in total. The Hall–Kier alpha value is -1.85. The molecule has 0 bridgehead atoms. The van der Waals surface area contributed by atoms with Crippen LogP contribution in [0.2, 0.25) is 0 Å². The maximum atomic E-state index is 13.5. The van der Waals surface area contributed by atoms with Crippen LogP contribution < -0.4 is 5.32 Å². The van der Waals surface area contributed by atoms with Crippen molar-refractivity contribution in [1.82, 2.24) is 10.3 Å². The number of nitrogens with zero attached hydrogens (tertiary/aromatic N) is 1. The Labute approximate surface area is 119 Å². The third-order valence-electron chi connectivity index (χ3n) is 2.94. The van der Waals surface area contributed by atoms with Gasteiger partial charge >= 0.3 is 0 Å². The lowest BCUT2D eigenvalue weighted by molar-refractivity contribution is 0.560. The van der Waals surface area contributed by atoms with E-state index in [2.05, 4.69) is 10.3 Å². The van der Waals surface area contributed by atoms with Crippen LogP contribution >= 0.6 is 11.3 Å². The molecule has 5 heteroatoms. The van der Waals surface area contributed by atoms with E-state index in [4.69, 9.17) is 0 Å². The number of benzene rings is 2. The number of halogens is 2. The van der Waals surface area contributed by atoms with Crippen molar-refractivity contribution in [3.8, 4) is 0 Å². The molecule has 0 radical (unpaired) electrons. The molecule has 0 aliphatic heterocycles. The van der Waals surface area contributed by atoms with Crippen molar-refractivity contribution in [3.05, 3.63) is 64.7 Å². The first kappa shape index (κ1) is 13.1. The highest BCUT2D eigenvalue weighted by molar-refractivity contribution is 7.18. The summed E-state index contributed by atoms with van der Waals surface area (Å²) in [4.78, 5) is 4.48. The summed E-state index contributed by atoms with van der Waals surface area (Å²) >= 11 is 1.61. The predicted octanol–water partition coefficient (Wildman–Crippen LogP) is 3.86. The topological polar surface area (TPSA) is 24.9 Å². The Bertz CT molecular complexity index is 707. The lowest BCUT2D eigenvalue weighted by atomic mass is 10.2. The number of aromatic nitrogens is 1. The molecule has 3 rings (SSSR count). The van der Waals surface area contributed by atoms with Crippen LogP contribution in [-0.2, 0) is 13.1 Å². The van der Waals surface area contributed by atoms with Gasteiger partial charge in [-0.25, -0.2) is 13.8 Å². The van der Waals surface area contributed by atoms with E-state index in [0.717, 1.165) is 21.3 Å². The Morgan fingerprint density at radius 1 is 1.05 bits per heavy atom. The molecular formula is C15H12F2N2S. The standard InChI is InChI=1S/C15H12F2N2S/c16-11-6-5-10(12(17)7-11)8-18-9-15-19-13-3-1-2-4-14(13)20-15/h1-7,18H,8-9H2. The maximum absolute atomic E-state index is 13.5. The Balaban J connectivity index is 1.64. The van der Waals surface area contributed by atoms with Gasteiger partial charge < -0.3 is 5.32 Å². The lowest BCUT2D eigenvalue weighted by Crippen LogP contribution is -2.13. The van der Waals surface area contributed by atoms with Gasteiger partial charge in [0.1, 0.15) is 16.6 Å². The van der Waals surface area contributed by atoms with Gasteiger partial charge in [-0.1, -0.05) is 18.2 Å². The van der Waals surface area contributed by atoms with Crippen molar-refractivity contribution in [1.29, 1.82) is 0 Å². The highest BCUT2D eigenvalue weighted by atomic mass is 32.1.